The average molecular weight is 1120 g/mol. The number of hydrogen-bond donors (Lipinski definition) is 2. The normalized spacial score (nSPS) is 24.0. The van der Waals surface area contributed by atoms with Crippen molar-refractivity contribution in [3.05, 3.63) is 199 Å². The van der Waals surface area contributed by atoms with Crippen LogP contribution in [0.3, 0.4) is 0 Å². The molecule has 2 saturated heterocycles. The SMILES string of the molecule is C.CC[C@@H](c1cccc(C2CC2)n1)N1C(=O)[C@@](C)(CC(=O)O)C[C@H](c2cccc(Cl)c2)[C@H]1c1ccc(Cl)cc1.CC[C@H](c1cccc(C2CC2)n1)N1C(=O)[C@@](C)(CC(=O)O)C[C@H](c2cccc(Cl)c2)[C@H]1c1ccc(Cl)cc1. The molecule has 4 fully saturated rings. The van der Waals surface area contributed by atoms with Crippen LogP contribution in [0.15, 0.2) is 133 Å². The molecule has 77 heavy (non-hydrogen) atoms. The Balaban J connectivity index is 0.000000201. The summed E-state index contributed by atoms with van der Waals surface area (Å²) in [6, 6.07) is 41.4. The lowest BCUT2D eigenvalue weighted by molar-refractivity contribution is -0.161. The number of aliphatic carboxylic acids is 2. The summed E-state index contributed by atoms with van der Waals surface area (Å²) >= 11 is 25.4. The number of likely N-dealkylation sites (tertiary alicyclic amines) is 2. The monoisotopic (exact) mass is 1120 g/mol. The Hall–Kier alpha value is -5.78. The third-order valence-corrected chi connectivity index (χ3v) is 16.9. The first kappa shape index (κ1) is 57.4. The van der Waals surface area contributed by atoms with E-state index in [2.05, 4.69) is 26.0 Å². The van der Waals surface area contributed by atoms with Crippen LogP contribution in [0, 0.1) is 10.8 Å². The van der Waals surface area contributed by atoms with Gasteiger partial charge in [-0.25, -0.2) is 0 Å². The van der Waals surface area contributed by atoms with Crippen molar-refractivity contribution in [1.82, 2.24) is 19.8 Å². The number of pyridine rings is 2. The van der Waals surface area contributed by atoms with Gasteiger partial charge < -0.3 is 20.0 Å². The zero-order valence-corrected chi connectivity index (χ0v) is 46.2. The van der Waals surface area contributed by atoms with Crippen molar-refractivity contribution in [2.24, 2.45) is 10.8 Å². The minimum absolute atomic E-state index is 0. The van der Waals surface area contributed by atoms with Crippen LogP contribution in [0.4, 0.5) is 0 Å². The van der Waals surface area contributed by atoms with E-state index in [-0.39, 0.29) is 68.1 Å². The van der Waals surface area contributed by atoms with E-state index in [1.807, 2.05) is 131 Å². The Morgan fingerprint density at radius 2 is 0.883 bits per heavy atom. The zero-order valence-electron chi connectivity index (χ0n) is 43.2. The molecular weight excluding hydrogens is 1050 g/mol. The van der Waals surface area contributed by atoms with Crippen LogP contribution >= 0.6 is 46.4 Å². The van der Waals surface area contributed by atoms with Crippen molar-refractivity contribution in [3.8, 4) is 0 Å². The van der Waals surface area contributed by atoms with Gasteiger partial charge in [0.1, 0.15) is 0 Å². The van der Waals surface area contributed by atoms with Gasteiger partial charge in [0.05, 0.1) is 59.2 Å². The third kappa shape index (κ3) is 12.7. The molecule has 4 heterocycles. The molecule has 0 spiro atoms. The van der Waals surface area contributed by atoms with Crippen molar-refractivity contribution < 1.29 is 29.4 Å². The van der Waals surface area contributed by atoms with Gasteiger partial charge in [0.2, 0.25) is 11.8 Å². The van der Waals surface area contributed by atoms with Gasteiger partial charge in [-0.1, -0.05) is 142 Å². The third-order valence-electron chi connectivity index (χ3n) is 16.0. The van der Waals surface area contributed by atoms with Crippen molar-refractivity contribution >= 4 is 70.2 Å². The molecular formula is C63H68Cl4N4O6. The van der Waals surface area contributed by atoms with Crippen LogP contribution in [0.5, 0.6) is 0 Å². The molecule has 0 bridgehead atoms. The Morgan fingerprint density at radius 3 is 1.19 bits per heavy atom. The number of halogens is 4. The second-order valence-electron chi connectivity index (χ2n) is 21.8. The van der Waals surface area contributed by atoms with Gasteiger partial charge in [-0.3, -0.25) is 29.1 Å². The van der Waals surface area contributed by atoms with Gasteiger partial charge in [-0.15, -0.1) is 0 Å². The number of hydrogen-bond acceptors (Lipinski definition) is 6. The molecule has 10 nitrogen and oxygen atoms in total. The first-order valence-electron chi connectivity index (χ1n) is 26.4. The van der Waals surface area contributed by atoms with E-state index >= 15 is 0 Å². The second-order valence-corrected chi connectivity index (χ2v) is 23.5. The molecule has 2 aromatic heterocycles. The van der Waals surface area contributed by atoms with Gasteiger partial charge in [0.25, 0.3) is 0 Å². The Bertz CT molecular complexity index is 2890. The number of rotatable bonds is 16. The molecule has 2 saturated carbocycles. The lowest BCUT2D eigenvalue weighted by atomic mass is 9.67. The molecule has 0 unspecified atom stereocenters. The summed E-state index contributed by atoms with van der Waals surface area (Å²) in [5.74, 6) is -1.71. The van der Waals surface area contributed by atoms with Gasteiger partial charge >= 0.3 is 11.9 Å². The van der Waals surface area contributed by atoms with E-state index < -0.39 is 22.8 Å². The molecule has 4 aromatic carbocycles. The Morgan fingerprint density at radius 1 is 0.532 bits per heavy atom. The highest BCUT2D eigenvalue weighted by Gasteiger charge is 2.54. The molecule has 4 aliphatic rings. The molecule has 404 valence electrons. The van der Waals surface area contributed by atoms with E-state index in [9.17, 15) is 29.4 Å². The van der Waals surface area contributed by atoms with Crippen LogP contribution in [-0.4, -0.2) is 53.7 Å². The van der Waals surface area contributed by atoms with Gasteiger partial charge in [-0.2, -0.15) is 0 Å². The van der Waals surface area contributed by atoms with E-state index in [0.717, 1.165) is 70.7 Å². The molecule has 10 rings (SSSR count). The summed E-state index contributed by atoms with van der Waals surface area (Å²) in [5, 5.41) is 22.1. The zero-order chi connectivity index (χ0) is 54.1. The summed E-state index contributed by atoms with van der Waals surface area (Å²) in [6.07, 6.45) is 6.09. The van der Waals surface area contributed by atoms with Crippen molar-refractivity contribution in [2.75, 3.05) is 0 Å². The number of benzene rings is 4. The molecule has 2 aliphatic heterocycles. The van der Waals surface area contributed by atoms with Crippen molar-refractivity contribution in [3.63, 3.8) is 0 Å². The molecule has 6 aromatic rings. The minimum Gasteiger partial charge on any atom is -0.481 e. The fraction of sp³-hybridized carbons (Fsp3) is 0.397. The molecule has 2 amide bonds. The molecule has 14 heteroatoms. The van der Waals surface area contributed by atoms with Crippen LogP contribution in [0.1, 0.15) is 192 Å². The fourth-order valence-corrected chi connectivity index (χ4v) is 12.7. The number of nitrogens with zero attached hydrogens (tertiary/aromatic N) is 4. The Kier molecular flexibility index (Phi) is 17.9. The highest BCUT2D eigenvalue weighted by atomic mass is 35.5. The van der Waals surface area contributed by atoms with Crippen molar-refractivity contribution in [1.29, 1.82) is 0 Å². The molecule has 2 aliphatic carbocycles. The number of aromatic nitrogens is 2. The van der Waals surface area contributed by atoms with Crippen LogP contribution in [-0.2, 0) is 19.2 Å². The van der Waals surface area contributed by atoms with Crippen LogP contribution in [0.25, 0.3) is 0 Å². The average Bonchev–Trinajstić information content (AvgIpc) is 4.45. The van der Waals surface area contributed by atoms with E-state index in [0.29, 0.717) is 57.6 Å². The summed E-state index contributed by atoms with van der Waals surface area (Å²) in [7, 11) is 0. The largest absolute Gasteiger partial charge is 0.481 e. The maximum absolute atomic E-state index is 14.5. The molecule has 0 radical (unpaired) electrons. The van der Waals surface area contributed by atoms with E-state index in [1.165, 1.54) is 0 Å². The summed E-state index contributed by atoms with van der Waals surface area (Å²) < 4.78 is 0. The Labute approximate surface area is 473 Å². The molecule has 8 atom stereocenters. The smallest absolute Gasteiger partial charge is 0.304 e. The first-order chi connectivity index (χ1) is 36.4. The second kappa shape index (κ2) is 24.1. The fourth-order valence-electron chi connectivity index (χ4n) is 12.1. The number of piperidine rings is 2. The summed E-state index contributed by atoms with van der Waals surface area (Å²) in [6.45, 7) is 7.68. The van der Waals surface area contributed by atoms with E-state index in [1.54, 1.807) is 13.8 Å². The minimum atomic E-state index is -1.09. The summed E-state index contributed by atoms with van der Waals surface area (Å²) in [4.78, 5) is 66.9. The standard InChI is InChI=1S/2C31H32Cl2N2O3.CH4/c2*1-3-27(26-9-5-8-25(34-26)19-10-11-19)35-29(20-12-14-22(32)15-13-20)24(21-6-4-7-23(33)16-21)17-31(2,30(35)38)18-28(36)37;/h2*4-9,12-16,19,24,27,29H,3,10-11,17-18H2,1-2H3,(H,36,37);1H4/t24-,27+,29-,31-;24-,27-,29-,31-;/m11./s1. The summed E-state index contributed by atoms with van der Waals surface area (Å²) in [5.41, 5.74) is 5.46. The highest BCUT2D eigenvalue weighted by molar-refractivity contribution is 6.31. The van der Waals surface area contributed by atoms with Crippen LogP contribution in [0.2, 0.25) is 20.1 Å². The lowest BCUT2D eigenvalue weighted by Crippen LogP contribution is -2.53. The maximum Gasteiger partial charge on any atom is 0.304 e. The number of carboxylic acids is 2. The van der Waals surface area contributed by atoms with Gasteiger partial charge in [-0.05, 0) is 146 Å². The highest BCUT2D eigenvalue weighted by Crippen LogP contribution is 2.56. The van der Waals surface area contributed by atoms with E-state index in [4.69, 9.17) is 56.4 Å². The topological polar surface area (TPSA) is 141 Å². The number of carboxylic acid groups (broad SMARTS) is 2. The van der Waals surface area contributed by atoms with Crippen LogP contribution < -0.4 is 0 Å². The predicted molar refractivity (Wildman–Crippen MR) is 306 cm³/mol. The maximum atomic E-state index is 14.5. The number of carbonyl (C=O) groups excluding carboxylic acids is 2. The quantitative estimate of drug-likeness (QED) is 0.0976. The molecule has 2 N–H and O–H groups in total. The first-order valence-corrected chi connectivity index (χ1v) is 28.0. The number of carbonyl (C=O) groups is 4. The number of amides is 2. The van der Waals surface area contributed by atoms with Gasteiger partial charge in [0, 0.05) is 55.2 Å². The van der Waals surface area contributed by atoms with Gasteiger partial charge in [0.15, 0.2) is 0 Å². The predicted octanol–water partition coefficient (Wildman–Crippen LogP) is 16.5. The lowest BCUT2D eigenvalue weighted by Gasteiger charge is -2.51. The van der Waals surface area contributed by atoms with Crippen molar-refractivity contribution in [2.45, 2.75) is 147 Å².